The minimum Gasteiger partial charge on any atom is -0.478 e. The number of rotatable bonds is 1. The van der Waals surface area contributed by atoms with Crippen LogP contribution in [0.1, 0.15) is 21.5 Å². The normalized spacial score (nSPS) is 10.9. The van der Waals surface area contributed by atoms with Crippen molar-refractivity contribution in [1.29, 1.82) is 5.26 Å². The molecule has 0 amide bonds. The molecule has 0 aromatic heterocycles. The number of hydrogen-bond donors (Lipinski definition) is 1. The summed E-state index contributed by atoms with van der Waals surface area (Å²) in [4.78, 5) is 10.7. The molecular weight excluding hydrogens is 247 g/mol. The van der Waals surface area contributed by atoms with E-state index in [0.29, 0.717) is 6.07 Å². The molecule has 0 spiro atoms. The molecule has 0 aliphatic heterocycles. The van der Waals surface area contributed by atoms with Crippen molar-refractivity contribution >= 4 is 17.6 Å². The number of carbonyl (C=O) groups is 1. The molecule has 1 aromatic carbocycles. The van der Waals surface area contributed by atoms with Crippen molar-refractivity contribution in [2.75, 3.05) is 0 Å². The predicted molar refractivity (Wildman–Crippen MR) is 48.1 cm³/mol. The Bertz CT molecular complexity index is 491. The van der Waals surface area contributed by atoms with Gasteiger partial charge in [-0.25, -0.2) is 4.79 Å². The second kappa shape index (κ2) is 4.02. The number of alkyl halides is 3. The Balaban J connectivity index is 3.58. The molecule has 3 nitrogen and oxygen atoms in total. The monoisotopic (exact) mass is 249 g/mol. The van der Waals surface area contributed by atoms with Gasteiger partial charge in [0.2, 0.25) is 0 Å². The molecule has 0 heterocycles. The van der Waals surface area contributed by atoms with Gasteiger partial charge >= 0.3 is 12.1 Å². The second-order valence-corrected chi connectivity index (χ2v) is 3.14. The molecule has 0 unspecified atom stereocenters. The first kappa shape index (κ1) is 12.3. The molecule has 0 aliphatic carbocycles. The molecular formula is C9H3ClF3NO2. The van der Waals surface area contributed by atoms with Crippen LogP contribution in [-0.2, 0) is 6.18 Å². The van der Waals surface area contributed by atoms with Crippen LogP contribution in [0, 0.1) is 11.3 Å². The molecule has 16 heavy (non-hydrogen) atoms. The van der Waals surface area contributed by atoms with Crippen LogP contribution >= 0.6 is 11.6 Å². The molecule has 1 N–H and O–H groups in total. The topological polar surface area (TPSA) is 61.1 Å². The summed E-state index contributed by atoms with van der Waals surface area (Å²) in [7, 11) is 0. The van der Waals surface area contributed by atoms with Gasteiger partial charge in [-0.15, -0.1) is 0 Å². The Labute approximate surface area is 92.7 Å². The fourth-order valence-electron chi connectivity index (χ4n) is 1.10. The summed E-state index contributed by atoms with van der Waals surface area (Å²) >= 11 is 5.32. The fraction of sp³-hybridized carbons (Fsp3) is 0.111. The summed E-state index contributed by atoms with van der Waals surface area (Å²) in [6, 6.07) is 2.82. The lowest BCUT2D eigenvalue weighted by Crippen LogP contribution is -2.11. The van der Waals surface area contributed by atoms with Crippen LogP contribution in [0.15, 0.2) is 12.1 Å². The standard InChI is InChI=1S/C9H3ClF3NO2/c10-7-5(9(11,12)13)2-1-4(3-14)6(7)8(15)16/h1-2H,(H,15,16). The minimum atomic E-state index is -4.75. The molecule has 0 aliphatic rings. The highest BCUT2D eigenvalue weighted by atomic mass is 35.5. The van der Waals surface area contributed by atoms with Crippen molar-refractivity contribution in [3.63, 3.8) is 0 Å². The van der Waals surface area contributed by atoms with E-state index in [2.05, 4.69) is 0 Å². The molecule has 0 saturated heterocycles. The maximum Gasteiger partial charge on any atom is 0.417 e. The van der Waals surface area contributed by atoms with Gasteiger partial charge in [0.1, 0.15) is 6.07 Å². The quantitative estimate of drug-likeness (QED) is 0.832. The third kappa shape index (κ3) is 2.09. The van der Waals surface area contributed by atoms with E-state index >= 15 is 0 Å². The summed E-state index contributed by atoms with van der Waals surface area (Å²) < 4.78 is 37.1. The summed E-state index contributed by atoms with van der Waals surface area (Å²) in [6.07, 6.45) is -4.75. The van der Waals surface area contributed by atoms with Crippen molar-refractivity contribution in [3.05, 3.63) is 33.8 Å². The molecule has 0 bridgehead atoms. The van der Waals surface area contributed by atoms with Gasteiger partial charge in [-0.1, -0.05) is 11.6 Å². The number of nitrogens with zero attached hydrogens (tertiary/aromatic N) is 1. The van der Waals surface area contributed by atoms with Crippen molar-refractivity contribution < 1.29 is 23.1 Å². The van der Waals surface area contributed by atoms with E-state index in [9.17, 15) is 18.0 Å². The van der Waals surface area contributed by atoms with Crippen LogP contribution < -0.4 is 0 Å². The lowest BCUT2D eigenvalue weighted by atomic mass is 10.0. The van der Waals surface area contributed by atoms with Gasteiger partial charge in [-0.3, -0.25) is 0 Å². The lowest BCUT2D eigenvalue weighted by molar-refractivity contribution is -0.137. The van der Waals surface area contributed by atoms with E-state index in [1.54, 1.807) is 0 Å². The highest BCUT2D eigenvalue weighted by molar-refractivity contribution is 6.34. The average Bonchev–Trinajstić information content (AvgIpc) is 2.14. The van der Waals surface area contributed by atoms with Gasteiger partial charge in [0.25, 0.3) is 0 Å². The first-order valence-corrected chi connectivity index (χ1v) is 4.20. The smallest absolute Gasteiger partial charge is 0.417 e. The van der Waals surface area contributed by atoms with Gasteiger partial charge in [0.05, 0.1) is 21.7 Å². The third-order valence-electron chi connectivity index (χ3n) is 1.78. The summed E-state index contributed by atoms with van der Waals surface area (Å²) in [6.45, 7) is 0. The molecule has 1 rings (SSSR count). The first-order chi connectivity index (χ1) is 7.29. The zero-order valence-electron chi connectivity index (χ0n) is 7.47. The van der Waals surface area contributed by atoms with Crippen molar-refractivity contribution in [2.24, 2.45) is 0 Å². The van der Waals surface area contributed by atoms with Gasteiger partial charge in [-0.05, 0) is 12.1 Å². The molecule has 0 fully saturated rings. The van der Waals surface area contributed by atoms with E-state index in [1.165, 1.54) is 6.07 Å². The van der Waals surface area contributed by atoms with Crippen molar-refractivity contribution in [3.8, 4) is 6.07 Å². The van der Waals surface area contributed by atoms with E-state index in [1.807, 2.05) is 0 Å². The first-order valence-electron chi connectivity index (χ1n) is 3.82. The molecule has 1 aromatic rings. The maximum atomic E-state index is 12.4. The van der Waals surface area contributed by atoms with Crippen LogP contribution in [0.4, 0.5) is 13.2 Å². The maximum absolute atomic E-state index is 12.4. The Kier molecular flexibility index (Phi) is 3.10. The van der Waals surface area contributed by atoms with Crippen LogP contribution in [0.25, 0.3) is 0 Å². The highest BCUT2D eigenvalue weighted by Crippen LogP contribution is 2.37. The van der Waals surface area contributed by atoms with Crippen LogP contribution in [0.2, 0.25) is 5.02 Å². The number of carboxylic acid groups (broad SMARTS) is 1. The number of carboxylic acids is 1. The Morgan fingerprint density at radius 3 is 2.38 bits per heavy atom. The zero-order valence-corrected chi connectivity index (χ0v) is 8.23. The number of aromatic carboxylic acids is 1. The van der Waals surface area contributed by atoms with Crippen LogP contribution in [0.5, 0.6) is 0 Å². The van der Waals surface area contributed by atoms with Crippen LogP contribution in [-0.4, -0.2) is 11.1 Å². The van der Waals surface area contributed by atoms with Gasteiger partial charge in [-0.2, -0.15) is 18.4 Å². The molecule has 0 saturated carbocycles. The van der Waals surface area contributed by atoms with Gasteiger partial charge in [0.15, 0.2) is 0 Å². The molecule has 7 heteroatoms. The second-order valence-electron chi connectivity index (χ2n) is 2.76. The van der Waals surface area contributed by atoms with E-state index in [4.69, 9.17) is 22.0 Å². The van der Waals surface area contributed by atoms with Crippen LogP contribution in [0.3, 0.4) is 0 Å². The number of benzene rings is 1. The summed E-state index contributed by atoms with van der Waals surface area (Å²) in [5.74, 6) is -1.67. The van der Waals surface area contributed by atoms with E-state index < -0.39 is 33.9 Å². The van der Waals surface area contributed by atoms with Crippen molar-refractivity contribution in [1.82, 2.24) is 0 Å². The Morgan fingerprint density at radius 1 is 1.44 bits per heavy atom. The predicted octanol–water partition coefficient (Wildman–Crippen LogP) is 2.93. The minimum absolute atomic E-state index is 0.412. The fourth-order valence-corrected chi connectivity index (χ4v) is 1.45. The Hall–Kier alpha value is -1.74. The molecule has 84 valence electrons. The molecule has 0 atom stereocenters. The number of halogens is 4. The Morgan fingerprint density at radius 2 is 2.00 bits per heavy atom. The largest absolute Gasteiger partial charge is 0.478 e. The van der Waals surface area contributed by atoms with E-state index in [0.717, 1.165) is 6.07 Å². The summed E-state index contributed by atoms with van der Waals surface area (Å²) in [5.41, 5.74) is -2.52. The SMILES string of the molecule is N#Cc1ccc(C(F)(F)F)c(Cl)c1C(=O)O. The third-order valence-corrected chi connectivity index (χ3v) is 2.17. The van der Waals surface area contributed by atoms with Crippen molar-refractivity contribution in [2.45, 2.75) is 6.18 Å². The lowest BCUT2D eigenvalue weighted by Gasteiger charge is -2.11. The highest BCUT2D eigenvalue weighted by Gasteiger charge is 2.35. The van der Waals surface area contributed by atoms with E-state index in [-0.39, 0.29) is 0 Å². The zero-order chi connectivity index (χ0) is 12.5. The number of nitriles is 1. The number of hydrogen-bond acceptors (Lipinski definition) is 2. The summed E-state index contributed by atoms with van der Waals surface area (Å²) in [5, 5.41) is 16.2. The average molecular weight is 250 g/mol. The van der Waals surface area contributed by atoms with Gasteiger partial charge in [0, 0.05) is 0 Å². The molecule has 0 radical (unpaired) electrons. The van der Waals surface area contributed by atoms with Gasteiger partial charge < -0.3 is 5.11 Å².